The molecule has 0 aliphatic heterocycles. The normalized spacial score (nSPS) is 13.5. The number of benzene rings is 6. The summed E-state index contributed by atoms with van der Waals surface area (Å²) in [6.07, 6.45) is 12.4. The molecular weight excluding hydrogens is 1250 g/mol. The largest absolute Gasteiger partial charge is 0.314 e. The number of halogens is 2. The fraction of sp³-hybridized carbons (Fsp3) is 0.468. The standard InChI is InChI=1S/2C14H19FN2O.2C14H20N2O.C12H18N2O.C11H16N2O/c1-10-3-6-12(7-13(10)15)17(2)14(18)9-16-8-11-4-5-11;1-10-6-7-12(8-13(10)15)17(2)14(18)9-16-11-4-3-5-11;1-11-3-7-13(8-4-11)16(2)14(17)10-15-9-12-5-6-12;1-11-6-8-13(9-7-11)16(2)14(17)10-15-12-4-3-5-12;1-4-13-9-12(15)14(3)11-7-5-10(2)6-8-11;1-9-4-6-10(7-5-9)13(3)11(14)8-12-2/h3,6-7,11,16H,4-5,8-9H2,1-2H3;6-8,11,16H,3-5,9H2,1-2H3;3-4,7-8,12,15H,5-6,9-10H2,1-2H3;6-9,12,15H,3-5,10H2,1-2H3;5-8,13H,4,9H2,1-3H3;4-7,12H,8H2,1-3H3. The van der Waals surface area contributed by atoms with E-state index in [0.29, 0.717) is 73.9 Å². The molecule has 6 N–H and O–H groups in total. The Labute approximate surface area is 589 Å². The number of hydrogen-bond donors (Lipinski definition) is 6. The summed E-state index contributed by atoms with van der Waals surface area (Å²) < 4.78 is 26.8. The molecule has 20 heteroatoms. The van der Waals surface area contributed by atoms with Crippen molar-refractivity contribution in [2.45, 2.75) is 125 Å². The van der Waals surface area contributed by atoms with Gasteiger partial charge in [0.05, 0.1) is 39.3 Å². The summed E-state index contributed by atoms with van der Waals surface area (Å²) in [6.45, 7) is 18.5. The Balaban J connectivity index is 0.000000215. The Hall–Kier alpha value is -8.24. The van der Waals surface area contributed by atoms with E-state index in [9.17, 15) is 37.5 Å². The van der Waals surface area contributed by atoms with E-state index in [1.807, 2.05) is 146 Å². The molecule has 4 fully saturated rings. The number of rotatable bonds is 25. The molecule has 0 radical (unpaired) electrons. The van der Waals surface area contributed by atoms with Crippen molar-refractivity contribution in [3.8, 4) is 0 Å². The molecule has 18 nitrogen and oxygen atoms in total. The van der Waals surface area contributed by atoms with Gasteiger partial charge >= 0.3 is 0 Å². The summed E-state index contributed by atoms with van der Waals surface area (Å²) in [4.78, 5) is 80.5. The monoisotopic (exact) mass is 1360 g/mol. The van der Waals surface area contributed by atoms with Crippen molar-refractivity contribution in [1.29, 1.82) is 0 Å². The summed E-state index contributed by atoms with van der Waals surface area (Å²) in [5, 5.41) is 18.7. The van der Waals surface area contributed by atoms with Gasteiger partial charge in [0.2, 0.25) is 35.4 Å². The zero-order chi connectivity index (χ0) is 72.6. The molecule has 0 aromatic heterocycles. The molecule has 10 rings (SSSR count). The number of hydrogen-bond acceptors (Lipinski definition) is 12. The van der Waals surface area contributed by atoms with Crippen LogP contribution in [0, 0.1) is 65.0 Å². The van der Waals surface area contributed by atoms with Crippen LogP contribution in [0.25, 0.3) is 0 Å². The van der Waals surface area contributed by atoms with Crippen molar-refractivity contribution in [3.63, 3.8) is 0 Å². The first-order valence-corrected chi connectivity index (χ1v) is 34.9. The molecule has 6 amide bonds. The number of nitrogens with one attached hydrogen (secondary N) is 6. The van der Waals surface area contributed by atoms with Gasteiger partial charge in [0.1, 0.15) is 11.6 Å². The van der Waals surface area contributed by atoms with Crippen LogP contribution in [-0.2, 0) is 28.8 Å². The number of carbonyl (C=O) groups is 6. The summed E-state index contributed by atoms with van der Waals surface area (Å²) in [6, 6.07) is 42.6. The second-order valence-corrected chi connectivity index (χ2v) is 26.4. The van der Waals surface area contributed by atoms with Crippen molar-refractivity contribution in [1.82, 2.24) is 31.9 Å². The van der Waals surface area contributed by atoms with Crippen LogP contribution in [-0.4, -0.2) is 156 Å². The van der Waals surface area contributed by atoms with E-state index < -0.39 is 0 Å². The highest BCUT2D eigenvalue weighted by Gasteiger charge is 2.24. The molecule has 538 valence electrons. The first kappa shape index (κ1) is 81.4. The minimum absolute atomic E-state index is 0.0369. The zero-order valence-corrected chi connectivity index (χ0v) is 61.3. The lowest BCUT2D eigenvalue weighted by Gasteiger charge is -2.27. The molecule has 0 atom stereocenters. The Kier molecular flexibility index (Phi) is 35.1. The molecule has 0 spiro atoms. The van der Waals surface area contributed by atoms with E-state index in [1.165, 1.54) is 95.6 Å². The number of carbonyl (C=O) groups excluding carboxylic acids is 6. The van der Waals surface area contributed by atoms with E-state index in [1.54, 1.807) is 93.0 Å². The molecule has 0 heterocycles. The minimum Gasteiger partial charge on any atom is -0.314 e. The molecule has 6 aromatic rings. The molecular formula is C79H112F2N12O6. The van der Waals surface area contributed by atoms with E-state index in [4.69, 9.17) is 0 Å². The average Bonchev–Trinajstić information content (AvgIpc) is 1.60. The lowest BCUT2D eigenvalue weighted by atomic mass is 9.93. The second-order valence-electron chi connectivity index (χ2n) is 26.4. The predicted octanol–water partition coefficient (Wildman–Crippen LogP) is 11.1. The van der Waals surface area contributed by atoms with Gasteiger partial charge in [-0.05, 0) is 215 Å². The van der Waals surface area contributed by atoms with Crippen LogP contribution in [0.15, 0.2) is 133 Å². The van der Waals surface area contributed by atoms with Gasteiger partial charge in [0.15, 0.2) is 0 Å². The van der Waals surface area contributed by atoms with Crippen LogP contribution >= 0.6 is 0 Å². The number of anilines is 6. The van der Waals surface area contributed by atoms with Crippen molar-refractivity contribution in [3.05, 3.63) is 178 Å². The van der Waals surface area contributed by atoms with Crippen molar-refractivity contribution < 1.29 is 37.5 Å². The number of aryl methyl sites for hydroxylation is 6. The average molecular weight is 1360 g/mol. The van der Waals surface area contributed by atoms with Crippen LogP contribution in [0.5, 0.6) is 0 Å². The summed E-state index contributed by atoms with van der Waals surface area (Å²) in [5.41, 5.74) is 11.0. The van der Waals surface area contributed by atoms with Crippen molar-refractivity contribution in [2.75, 3.05) is 138 Å². The highest BCUT2D eigenvalue weighted by Crippen LogP contribution is 2.29. The molecule has 4 aliphatic rings. The fourth-order valence-corrected chi connectivity index (χ4v) is 9.71. The Bertz CT molecular complexity index is 3450. The lowest BCUT2D eigenvalue weighted by Crippen LogP contribution is -2.42. The van der Waals surface area contributed by atoms with Gasteiger partial charge in [-0.1, -0.05) is 103 Å². The fourth-order valence-electron chi connectivity index (χ4n) is 9.71. The van der Waals surface area contributed by atoms with Gasteiger partial charge in [-0.3, -0.25) is 28.8 Å². The van der Waals surface area contributed by atoms with Gasteiger partial charge in [0.25, 0.3) is 0 Å². The van der Waals surface area contributed by atoms with Crippen LogP contribution in [0.4, 0.5) is 42.9 Å². The molecule has 0 saturated heterocycles. The van der Waals surface area contributed by atoms with Crippen LogP contribution in [0.1, 0.15) is 105 Å². The van der Waals surface area contributed by atoms with E-state index in [-0.39, 0.29) is 47.1 Å². The maximum Gasteiger partial charge on any atom is 0.240 e. The molecule has 4 aliphatic carbocycles. The third-order valence-corrected chi connectivity index (χ3v) is 18.0. The highest BCUT2D eigenvalue weighted by molar-refractivity contribution is 5.97. The highest BCUT2D eigenvalue weighted by atomic mass is 19.1. The topological polar surface area (TPSA) is 194 Å². The van der Waals surface area contributed by atoms with E-state index >= 15 is 0 Å². The Morgan fingerprint density at radius 3 is 0.848 bits per heavy atom. The smallest absolute Gasteiger partial charge is 0.240 e. The third kappa shape index (κ3) is 29.6. The Morgan fingerprint density at radius 2 is 0.606 bits per heavy atom. The predicted molar refractivity (Wildman–Crippen MR) is 402 cm³/mol. The molecule has 0 bridgehead atoms. The van der Waals surface area contributed by atoms with E-state index in [0.717, 1.165) is 67.1 Å². The number of amides is 6. The SMILES string of the molecule is CCNCC(=O)N(C)c1ccc(C)cc1.CNCC(=O)N(C)c1ccc(C)cc1.Cc1ccc(N(C)C(=O)CNC2CCC2)cc1.Cc1ccc(N(C)C(=O)CNC2CCC2)cc1F.Cc1ccc(N(C)C(=O)CNCC2CC2)cc1.Cc1ccc(N(C)C(=O)CNCC2CC2)cc1F. The second kappa shape index (κ2) is 42.7. The van der Waals surface area contributed by atoms with E-state index in [2.05, 4.69) is 31.9 Å². The first-order valence-electron chi connectivity index (χ1n) is 34.9. The number of likely N-dealkylation sites (N-methyl/N-ethyl adjacent to an activating group) is 8. The first-order chi connectivity index (χ1) is 47.3. The van der Waals surface area contributed by atoms with Gasteiger partial charge in [-0.2, -0.15) is 0 Å². The maximum atomic E-state index is 13.4. The van der Waals surface area contributed by atoms with Crippen LogP contribution in [0.2, 0.25) is 0 Å². The maximum absolute atomic E-state index is 13.4. The quantitative estimate of drug-likeness (QED) is 0.0318. The zero-order valence-electron chi connectivity index (χ0n) is 61.3. The molecule has 0 unspecified atom stereocenters. The van der Waals surface area contributed by atoms with Crippen LogP contribution < -0.4 is 61.3 Å². The summed E-state index contributed by atoms with van der Waals surface area (Å²) in [5.74, 6) is 1.32. The van der Waals surface area contributed by atoms with Crippen molar-refractivity contribution in [2.24, 2.45) is 11.8 Å². The minimum atomic E-state index is -0.280. The van der Waals surface area contributed by atoms with Gasteiger partial charge in [-0.15, -0.1) is 0 Å². The van der Waals surface area contributed by atoms with Gasteiger partial charge in [-0.25, -0.2) is 8.78 Å². The molecule has 99 heavy (non-hydrogen) atoms. The van der Waals surface area contributed by atoms with Crippen molar-refractivity contribution >= 4 is 69.6 Å². The molecule has 4 saturated carbocycles. The lowest BCUT2D eigenvalue weighted by molar-refractivity contribution is -0.118. The third-order valence-electron chi connectivity index (χ3n) is 18.0. The summed E-state index contributed by atoms with van der Waals surface area (Å²) >= 11 is 0. The molecule has 6 aromatic carbocycles. The van der Waals surface area contributed by atoms with Crippen LogP contribution in [0.3, 0.4) is 0 Å². The van der Waals surface area contributed by atoms with Gasteiger partial charge < -0.3 is 61.3 Å². The summed E-state index contributed by atoms with van der Waals surface area (Å²) in [7, 11) is 12.3. The Morgan fingerprint density at radius 1 is 0.354 bits per heavy atom. The number of nitrogens with zero attached hydrogens (tertiary/aromatic N) is 6. The van der Waals surface area contributed by atoms with Gasteiger partial charge in [0, 0.05) is 88.5 Å².